The number of hydrogen-bond donors (Lipinski definition) is 1. The van der Waals surface area contributed by atoms with Gasteiger partial charge < -0.3 is 5.73 Å². The molecular weight excluding hydrogens is 238 g/mol. The molecule has 2 aromatic rings. The van der Waals surface area contributed by atoms with E-state index in [0.717, 1.165) is 35.9 Å². The van der Waals surface area contributed by atoms with Crippen molar-refractivity contribution in [2.75, 3.05) is 18.8 Å². The Morgan fingerprint density at radius 1 is 1.16 bits per heavy atom. The van der Waals surface area contributed by atoms with E-state index in [2.05, 4.69) is 19.4 Å². The van der Waals surface area contributed by atoms with Gasteiger partial charge in [0.2, 0.25) is 5.95 Å². The smallest absolute Gasteiger partial charge is 0.202 e. The van der Waals surface area contributed by atoms with Crippen molar-refractivity contribution in [1.29, 1.82) is 0 Å². The molecule has 1 aliphatic heterocycles. The Morgan fingerprint density at radius 3 is 2.79 bits per heavy atom. The second-order valence-electron chi connectivity index (χ2n) is 5.80. The first-order valence-electron chi connectivity index (χ1n) is 7.07. The fraction of sp³-hybridized carbons (Fsp3) is 0.571. The molecule has 4 rings (SSSR count). The Kier molecular flexibility index (Phi) is 2.33. The molecule has 0 aromatic carbocycles. The number of nitrogens with zero attached hydrogens (tertiary/aromatic N) is 4. The van der Waals surface area contributed by atoms with Crippen molar-refractivity contribution in [2.24, 2.45) is 0 Å². The van der Waals surface area contributed by atoms with Gasteiger partial charge in [0.25, 0.3) is 0 Å². The van der Waals surface area contributed by atoms with Gasteiger partial charge in [-0.25, -0.2) is 9.97 Å². The molecule has 2 aromatic heterocycles. The van der Waals surface area contributed by atoms with Crippen LogP contribution in [-0.2, 0) is 0 Å². The highest BCUT2D eigenvalue weighted by Crippen LogP contribution is 2.35. The molecule has 1 unspecified atom stereocenters. The Balaban J connectivity index is 1.73. The van der Waals surface area contributed by atoms with Crippen LogP contribution in [0.5, 0.6) is 0 Å². The van der Waals surface area contributed by atoms with E-state index in [0.29, 0.717) is 12.0 Å². The van der Waals surface area contributed by atoms with Crippen LogP contribution in [0.25, 0.3) is 11.2 Å². The monoisotopic (exact) mass is 257 g/mol. The summed E-state index contributed by atoms with van der Waals surface area (Å²) in [5, 5.41) is 0. The van der Waals surface area contributed by atoms with Gasteiger partial charge in [-0.2, -0.15) is 0 Å². The Hall–Kier alpha value is -1.62. The summed E-state index contributed by atoms with van der Waals surface area (Å²) >= 11 is 0. The van der Waals surface area contributed by atoms with Crippen molar-refractivity contribution >= 4 is 17.1 Å². The van der Waals surface area contributed by atoms with Crippen LogP contribution in [0.4, 0.5) is 5.95 Å². The van der Waals surface area contributed by atoms with Crippen LogP contribution < -0.4 is 5.73 Å². The predicted octanol–water partition coefficient (Wildman–Crippen LogP) is 1.73. The summed E-state index contributed by atoms with van der Waals surface area (Å²) in [6.45, 7) is 4.29. The first-order chi connectivity index (χ1) is 9.22. The van der Waals surface area contributed by atoms with Gasteiger partial charge in [-0.15, -0.1) is 0 Å². The third-order valence-corrected chi connectivity index (χ3v) is 4.33. The lowest BCUT2D eigenvalue weighted by Crippen LogP contribution is -2.24. The average molecular weight is 257 g/mol. The van der Waals surface area contributed by atoms with Gasteiger partial charge >= 0.3 is 0 Å². The Bertz CT molecular complexity index is 628. The number of hydrogen-bond acceptors (Lipinski definition) is 4. The number of rotatable bonds is 2. The van der Waals surface area contributed by atoms with Crippen LogP contribution in [0.3, 0.4) is 0 Å². The Labute approximate surface area is 112 Å². The van der Waals surface area contributed by atoms with E-state index in [1.165, 1.54) is 19.4 Å². The molecule has 0 spiro atoms. The van der Waals surface area contributed by atoms with Gasteiger partial charge in [-0.05, 0) is 38.3 Å². The third kappa shape index (κ3) is 1.80. The number of fused-ring (bicyclic) bond motifs is 1. The molecule has 5 heteroatoms. The van der Waals surface area contributed by atoms with Crippen LogP contribution >= 0.6 is 0 Å². The van der Waals surface area contributed by atoms with Crippen molar-refractivity contribution in [3.63, 3.8) is 0 Å². The van der Waals surface area contributed by atoms with Gasteiger partial charge in [0.1, 0.15) is 5.52 Å². The van der Waals surface area contributed by atoms with E-state index >= 15 is 0 Å². The quantitative estimate of drug-likeness (QED) is 0.890. The van der Waals surface area contributed by atoms with Crippen LogP contribution in [-0.4, -0.2) is 38.6 Å². The van der Waals surface area contributed by atoms with E-state index < -0.39 is 0 Å². The summed E-state index contributed by atoms with van der Waals surface area (Å²) in [7, 11) is 0. The van der Waals surface area contributed by atoms with Crippen molar-refractivity contribution in [3.05, 3.63) is 17.8 Å². The highest BCUT2D eigenvalue weighted by molar-refractivity contribution is 5.74. The topological polar surface area (TPSA) is 60.0 Å². The largest absolute Gasteiger partial charge is 0.369 e. The number of anilines is 1. The molecule has 100 valence electrons. The van der Waals surface area contributed by atoms with E-state index in [1.54, 1.807) is 0 Å². The summed E-state index contributed by atoms with van der Waals surface area (Å²) in [6.07, 6.45) is 3.89. The zero-order valence-electron chi connectivity index (χ0n) is 11.2. The van der Waals surface area contributed by atoms with Crippen LogP contribution in [0.2, 0.25) is 0 Å². The number of imidazole rings is 1. The van der Waals surface area contributed by atoms with Crippen LogP contribution in [0, 0.1) is 6.92 Å². The summed E-state index contributed by atoms with van der Waals surface area (Å²) in [4.78, 5) is 11.7. The molecule has 0 radical (unpaired) electrons. The first-order valence-corrected chi connectivity index (χ1v) is 7.07. The minimum absolute atomic E-state index is 0.430. The second-order valence-corrected chi connectivity index (χ2v) is 5.80. The maximum atomic E-state index is 6.11. The van der Waals surface area contributed by atoms with Crippen LogP contribution in [0.15, 0.2) is 12.1 Å². The number of nitrogens with two attached hydrogens (primary N) is 1. The third-order valence-electron chi connectivity index (χ3n) is 4.33. The molecule has 1 saturated heterocycles. The van der Waals surface area contributed by atoms with E-state index in [4.69, 9.17) is 5.73 Å². The molecule has 2 aliphatic rings. The molecular formula is C14H19N5. The molecule has 2 fully saturated rings. The summed E-state index contributed by atoms with van der Waals surface area (Å²) in [6, 6.07) is 5.26. The minimum atomic E-state index is 0.430. The minimum Gasteiger partial charge on any atom is -0.369 e. The van der Waals surface area contributed by atoms with E-state index in [9.17, 15) is 0 Å². The lowest BCUT2D eigenvalue weighted by molar-refractivity contribution is 0.315. The maximum absolute atomic E-state index is 6.11. The predicted molar refractivity (Wildman–Crippen MR) is 74.9 cm³/mol. The summed E-state index contributed by atoms with van der Waals surface area (Å²) in [5.41, 5.74) is 8.99. The zero-order chi connectivity index (χ0) is 13.0. The molecule has 2 N–H and O–H groups in total. The molecule has 1 atom stereocenters. The number of aryl methyl sites for hydroxylation is 1. The number of aromatic nitrogens is 3. The first kappa shape index (κ1) is 11.2. The standard InChI is InChI=1S/C14H19N5/c1-9-2-5-12-13(16-9)19(14(15)17-12)11-6-7-18(8-11)10-3-4-10/h2,5,10-11H,3-4,6-8H2,1H3,(H2,15,17). The molecule has 0 amide bonds. The molecule has 1 saturated carbocycles. The maximum Gasteiger partial charge on any atom is 0.202 e. The fourth-order valence-electron chi connectivity index (χ4n) is 3.20. The molecule has 3 heterocycles. The number of likely N-dealkylation sites (tertiary alicyclic amines) is 1. The van der Waals surface area contributed by atoms with E-state index in [1.807, 2.05) is 19.1 Å². The Morgan fingerprint density at radius 2 is 2.00 bits per heavy atom. The van der Waals surface area contributed by atoms with Gasteiger partial charge in [-0.3, -0.25) is 9.47 Å². The van der Waals surface area contributed by atoms with Gasteiger partial charge in [0, 0.05) is 24.8 Å². The highest BCUT2D eigenvalue weighted by atomic mass is 15.3. The second kappa shape index (κ2) is 3.93. The van der Waals surface area contributed by atoms with Crippen molar-refractivity contribution in [3.8, 4) is 0 Å². The summed E-state index contributed by atoms with van der Waals surface area (Å²) in [5.74, 6) is 0.607. The van der Waals surface area contributed by atoms with E-state index in [-0.39, 0.29) is 0 Å². The molecule has 1 aliphatic carbocycles. The number of nitrogen functional groups attached to an aromatic ring is 1. The van der Waals surface area contributed by atoms with Gasteiger partial charge in [0.05, 0.1) is 6.04 Å². The van der Waals surface area contributed by atoms with Crippen molar-refractivity contribution < 1.29 is 0 Å². The lowest BCUT2D eigenvalue weighted by Gasteiger charge is -2.16. The van der Waals surface area contributed by atoms with Crippen molar-refractivity contribution in [2.45, 2.75) is 38.3 Å². The van der Waals surface area contributed by atoms with Crippen molar-refractivity contribution in [1.82, 2.24) is 19.4 Å². The van der Waals surface area contributed by atoms with Crippen LogP contribution in [0.1, 0.15) is 31.0 Å². The highest BCUT2D eigenvalue weighted by Gasteiger charge is 2.36. The molecule has 19 heavy (non-hydrogen) atoms. The summed E-state index contributed by atoms with van der Waals surface area (Å²) < 4.78 is 2.14. The molecule has 0 bridgehead atoms. The fourth-order valence-corrected chi connectivity index (χ4v) is 3.20. The average Bonchev–Trinajstić information content (AvgIpc) is 3.03. The lowest BCUT2D eigenvalue weighted by atomic mass is 10.2. The van der Waals surface area contributed by atoms with Gasteiger partial charge in [-0.1, -0.05) is 0 Å². The zero-order valence-corrected chi connectivity index (χ0v) is 11.2. The SMILES string of the molecule is Cc1ccc2nc(N)n(C3CCN(C4CC4)C3)c2n1. The molecule has 5 nitrogen and oxygen atoms in total. The number of pyridine rings is 1. The normalized spacial score (nSPS) is 24.4. The van der Waals surface area contributed by atoms with Gasteiger partial charge in [0.15, 0.2) is 5.65 Å².